The monoisotopic (exact) mass is 201 g/mol. The van der Waals surface area contributed by atoms with Crippen LogP contribution in [0.15, 0.2) is 0 Å². The van der Waals surface area contributed by atoms with Gasteiger partial charge in [-0.1, -0.05) is 33.1 Å². The Balaban J connectivity index is 4.33. The highest BCUT2D eigenvalue weighted by Crippen LogP contribution is 2.33. The molecular weight excluding hydrogens is 178 g/mol. The molecule has 3 nitrogen and oxygen atoms in total. The Kier molecular flexibility index (Phi) is 6.54. The van der Waals surface area contributed by atoms with Crippen LogP contribution in [-0.4, -0.2) is 17.6 Å². The van der Waals surface area contributed by atoms with Gasteiger partial charge >= 0.3 is 5.97 Å². The van der Waals surface area contributed by atoms with E-state index in [1.807, 2.05) is 0 Å². The maximum atomic E-state index is 10.8. The molecule has 0 saturated heterocycles. The van der Waals surface area contributed by atoms with Gasteiger partial charge in [0.05, 0.1) is 6.42 Å². The Labute approximate surface area is 86.7 Å². The van der Waals surface area contributed by atoms with Crippen LogP contribution in [0.5, 0.6) is 0 Å². The van der Waals surface area contributed by atoms with Crippen molar-refractivity contribution in [1.29, 1.82) is 0 Å². The standard InChI is InChI=1S/C11H23NO2/c1-3-5-7-11(9-12,6-4-2)8-10(13)14/h3-9,12H2,1-2H3,(H,13,14). The molecule has 0 bridgehead atoms. The predicted molar refractivity (Wildman–Crippen MR) is 58.2 cm³/mol. The number of hydrogen-bond donors (Lipinski definition) is 2. The van der Waals surface area contributed by atoms with Gasteiger partial charge in [0.1, 0.15) is 0 Å². The summed E-state index contributed by atoms with van der Waals surface area (Å²) < 4.78 is 0. The van der Waals surface area contributed by atoms with Crippen LogP contribution in [-0.2, 0) is 4.79 Å². The fourth-order valence-electron chi connectivity index (χ4n) is 1.98. The van der Waals surface area contributed by atoms with Crippen molar-refractivity contribution in [2.75, 3.05) is 6.54 Å². The maximum absolute atomic E-state index is 10.8. The zero-order valence-corrected chi connectivity index (χ0v) is 9.38. The molecule has 0 aromatic rings. The molecule has 3 N–H and O–H groups in total. The summed E-state index contributed by atoms with van der Waals surface area (Å²) in [6, 6.07) is 0. The summed E-state index contributed by atoms with van der Waals surface area (Å²) in [5.74, 6) is -0.722. The minimum atomic E-state index is -0.722. The molecule has 0 aromatic carbocycles. The topological polar surface area (TPSA) is 63.3 Å². The van der Waals surface area contributed by atoms with Gasteiger partial charge in [-0.3, -0.25) is 4.79 Å². The molecular formula is C11H23NO2. The maximum Gasteiger partial charge on any atom is 0.303 e. The van der Waals surface area contributed by atoms with E-state index in [9.17, 15) is 4.79 Å². The van der Waals surface area contributed by atoms with Gasteiger partial charge in [0.2, 0.25) is 0 Å². The molecule has 3 heteroatoms. The van der Waals surface area contributed by atoms with Gasteiger partial charge < -0.3 is 10.8 Å². The minimum Gasteiger partial charge on any atom is -0.481 e. The SMILES string of the molecule is CCCCC(CN)(CCC)CC(=O)O. The van der Waals surface area contributed by atoms with Crippen molar-refractivity contribution >= 4 is 5.97 Å². The van der Waals surface area contributed by atoms with Crippen molar-refractivity contribution in [3.8, 4) is 0 Å². The lowest BCUT2D eigenvalue weighted by molar-refractivity contribution is -0.140. The smallest absolute Gasteiger partial charge is 0.303 e. The molecule has 1 unspecified atom stereocenters. The van der Waals surface area contributed by atoms with E-state index in [4.69, 9.17) is 10.8 Å². The van der Waals surface area contributed by atoms with Gasteiger partial charge in [0.25, 0.3) is 0 Å². The molecule has 0 aromatic heterocycles. The molecule has 84 valence electrons. The lowest BCUT2D eigenvalue weighted by Crippen LogP contribution is -2.33. The molecule has 0 radical (unpaired) electrons. The van der Waals surface area contributed by atoms with Crippen LogP contribution in [0, 0.1) is 5.41 Å². The first-order chi connectivity index (χ1) is 6.60. The summed E-state index contributed by atoms with van der Waals surface area (Å²) >= 11 is 0. The predicted octanol–water partition coefficient (Wildman–Crippen LogP) is 2.40. The first-order valence-electron chi connectivity index (χ1n) is 5.52. The number of rotatable bonds is 8. The number of carbonyl (C=O) groups is 1. The third kappa shape index (κ3) is 4.61. The molecule has 0 spiro atoms. The second kappa shape index (κ2) is 6.82. The Morgan fingerprint density at radius 2 is 1.93 bits per heavy atom. The number of nitrogens with two attached hydrogens (primary N) is 1. The lowest BCUT2D eigenvalue weighted by Gasteiger charge is -2.30. The van der Waals surface area contributed by atoms with Gasteiger partial charge in [-0.2, -0.15) is 0 Å². The van der Waals surface area contributed by atoms with Crippen LogP contribution in [0.4, 0.5) is 0 Å². The van der Waals surface area contributed by atoms with E-state index in [2.05, 4.69) is 13.8 Å². The fourth-order valence-corrected chi connectivity index (χ4v) is 1.98. The van der Waals surface area contributed by atoms with E-state index in [1.54, 1.807) is 0 Å². The van der Waals surface area contributed by atoms with E-state index >= 15 is 0 Å². The average Bonchev–Trinajstić information content (AvgIpc) is 2.14. The molecule has 1 atom stereocenters. The average molecular weight is 201 g/mol. The summed E-state index contributed by atoms with van der Waals surface area (Å²) in [5.41, 5.74) is 5.56. The van der Waals surface area contributed by atoms with Gasteiger partial charge in [-0.15, -0.1) is 0 Å². The molecule has 0 saturated carbocycles. The number of carboxylic acids is 1. The van der Waals surface area contributed by atoms with Gasteiger partial charge in [-0.05, 0) is 24.8 Å². The van der Waals surface area contributed by atoms with Crippen LogP contribution in [0.2, 0.25) is 0 Å². The lowest BCUT2D eigenvalue weighted by atomic mass is 9.76. The van der Waals surface area contributed by atoms with E-state index < -0.39 is 5.97 Å². The van der Waals surface area contributed by atoms with Crippen molar-refractivity contribution in [2.45, 2.75) is 52.4 Å². The number of unbranched alkanes of at least 4 members (excludes halogenated alkanes) is 1. The summed E-state index contributed by atoms with van der Waals surface area (Å²) in [4.78, 5) is 10.8. The Morgan fingerprint density at radius 1 is 1.29 bits per heavy atom. The zero-order chi connectivity index (χ0) is 11.0. The van der Waals surface area contributed by atoms with Crippen molar-refractivity contribution in [3.05, 3.63) is 0 Å². The van der Waals surface area contributed by atoms with Crippen molar-refractivity contribution in [3.63, 3.8) is 0 Å². The number of aliphatic carboxylic acids is 1. The highest BCUT2D eigenvalue weighted by atomic mass is 16.4. The first kappa shape index (κ1) is 13.4. The molecule has 14 heavy (non-hydrogen) atoms. The van der Waals surface area contributed by atoms with Crippen molar-refractivity contribution in [2.24, 2.45) is 11.1 Å². The summed E-state index contributed by atoms with van der Waals surface area (Å²) in [6.07, 6.45) is 5.27. The van der Waals surface area contributed by atoms with Crippen LogP contribution in [0.3, 0.4) is 0 Å². The third-order valence-corrected chi connectivity index (χ3v) is 2.80. The van der Waals surface area contributed by atoms with E-state index in [-0.39, 0.29) is 11.8 Å². The first-order valence-corrected chi connectivity index (χ1v) is 5.52. The number of hydrogen-bond acceptors (Lipinski definition) is 2. The molecule has 0 fully saturated rings. The molecule has 0 heterocycles. The quantitative estimate of drug-likeness (QED) is 0.634. The Bertz CT molecular complexity index is 171. The highest BCUT2D eigenvalue weighted by molar-refractivity contribution is 5.67. The van der Waals surface area contributed by atoms with Crippen molar-refractivity contribution < 1.29 is 9.90 Å². The van der Waals surface area contributed by atoms with Crippen LogP contribution in [0.1, 0.15) is 52.4 Å². The molecule has 0 aliphatic rings. The van der Waals surface area contributed by atoms with E-state index in [0.717, 1.165) is 32.1 Å². The molecule has 0 amide bonds. The highest BCUT2D eigenvalue weighted by Gasteiger charge is 2.29. The summed E-state index contributed by atoms with van der Waals surface area (Å²) in [7, 11) is 0. The second-order valence-corrected chi connectivity index (χ2v) is 4.13. The molecule has 0 aliphatic heterocycles. The van der Waals surface area contributed by atoms with Crippen LogP contribution >= 0.6 is 0 Å². The van der Waals surface area contributed by atoms with E-state index in [0.29, 0.717) is 6.54 Å². The van der Waals surface area contributed by atoms with Gasteiger partial charge in [0, 0.05) is 0 Å². The third-order valence-electron chi connectivity index (χ3n) is 2.80. The largest absolute Gasteiger partial charge is 0.481 e. The van der Waals surface area contributed by atoms with Crippen LogP contribution < -0.4 is 5.73 Å². The molecule has 0 rings (SSSR count). The minimum absolute atomic E-state index is 0.156. The number of carboxylic acid groups (broad SMARTS) is 1. The Hall–Kier alpha value is -0.570. The second-order valence-electron chi connectivity index (χ2n) is 4.13. The fraction of sp³-hybridized carbons (Fsp3) is 0.909. The van der Waals surface area contributed by atoms with Crippen molar-refractivity contribution in [1.82, 2.24) is 0 Å². The Morgan fingerprint density at radius 3 is 2.29 bits per heavy atom. The molecule has 0 aliphatic carbocycles. The zero-order valence-electron chi connectivity index (χ0n) is 9.38. The normalized spacial score (nSPS) is 15.1. The van der Waals surface area contributed by atoms with Gasteiger partial charge in [0.15, 0.2) is 0 Å². The van der Waals surface area contributed by atoms with Crippen LogP contribution in [0.25, 0.3) is 0 Å². The van der Waals surface area contributed by atoms with Gasteiger partial charge in [-0.25, -0.2) is 0 Å². The van der Waals surface area contributed by atoms with E-state index in [1.165, 1.54) is 0 Å². The summed E-state index contributed by atoms with van der Waals surface area (Å²) in [5, 5.41) is 8.85. The summed E-state index contributed by atoms with van der Waals surface area (Å²) in [6.45, 7) is 4.69.